The molecule has 8 heteroatoms. The smallest absolute Gasteiger partial charge is 0.243 e. The number of aromatic nitrogens is 1. The number of nitrogens with zero attached hydrogens (tertiary/aromatic N) is 2. The van der Waals surface area contributed by atoms with E-state index in [1.165, 1.54) is 4.31 Å². The van der Waals surface area contributed by atoms with Crippen LogP contribution in [0.3, 0.4) is 0 Å². The summed E-state index contributed by atoms with van der Waals surface area (Å²) in [5.74, 6) is -0.482. The summed E-state index contributed by atoms with van der Waals surface area (Å²) in [6.45, 7) is 0.977. The van der Waals surface area contributed by atoms with Crippen LogP contribution in [-0.4, -0.2) is 36.7 Å². The Bertz CT molecular complexity index is 857. The van der Waals surface area contributed by atoms with E-state index in [4.69, 9.17) is 0 Å². The predicted octanol–water partition coefficient (Wildman–Crippen LogP) is 2.56. The van der Waals surface area contributed by atoms with Gasteiger partial charge >= 0.3 is 0 Å². The Labute approximate surface area is 161 Å². The van der Waals surface area contributed by atoms with Crippen molar-refractivity contribution in [3.63, 3.8) is 0 Å². The molecule has 1 N–H and O–H groups in total. The standard InChI is InChI=1S/C18H20BrN3O3S/c19-15-6-8-17(9-7-15)26(24,25)22-11-3-4-14(13-22)18(23)21-12-16-5-1-2-10-20-16/h1-2,5-10,14H,3-4,11-13H2,(H,21,23)/t14-/m0/s1. The normalized spacial score (nSPS) is 18.4. The second kappa shape index (κ2) is 8.28. The van der Waals surface area contributed by atoms with Crippen LogP contribution in [0, 0.1) is 5.92 Å². The number of amides is 1. The molecule has 0 spiro atoms. The van der Waals surface area contributed by atoms with Crippen molar-refractivity contribution in [2.75, 3.05) is 13.1 Å². The van der Waals surface area contributed by atoms with Gasteiger partial charge < -0.3 is 5.32 Å². The lowest BCUT2D eigenvalue weighted by atomic mass is 9.99. The first-order valence-corrected chi connectivity index (χ1v) is 10.6. The van der Waals surface area contributed by atoms with E-state index >= 15 is 0 Å². The van der Waals surface area contributed by atoms with Crippen molar-refractivity contribution in [3.8, 4) is 0 Å². The summed E-state index contributed by atoms with van der Waals surface area (Å²) in [5.41, 5.74) is 0.774. The third-order valence-electron chi connectivity index (χ3n) is 4.38. The van der Waals surface area contributed by atoms with Crippen molar-refractivity contribution < 1.29 is 13.2 Å². The summed E-state index contributed by atoms with van der Waals surface area (Å²) in [4.78, 5) is 16.9. The molecule has 26 heavy (non-hydrogen) atoms. The van der Waals surface area contributed by atoms with Gasteiger partial charge in [-0.05, 0) is 49.2 Å². The number of halogens is 1. The maximum Gasteiger partial charge on any atom is 0.243 e. The van der Waals surface area contributed by atoms with Gasteiger partial charge in [0.15, 0.2) is 0 Å². The number of nitrogens with one attached hydrogen (secondary N) is 1. The number of piperidine rings is 1. The van der Waals surface area contributed by atoms with Gasteiger partial charge in [-0.2, -0.15) is 4.31 Å². The summed E-state index contributed by atoms with van der Waals surface area (Å²) in [6.07, 6.45) is 3.02. The van der Waals surface area contributed by atoms with E-state index in [2.05, 4.69) is 26.2 Å². The van der Waals surface area contributed by atoms with E-state index < -0.39 is 10.0 Å². The summed E-state index contributed by atoms with van der Waals surface area (Å²) in [7, 11) is -3.59. The van der Waals surface area contributed by atoms with Gasteiger partial charge in [0.2, 0.25) is 15.9 Å². The van der Waals surface area contributed by atoms with Crippen molar-refractivity contribution in [2.45, 2.75) is 24.3 Å². The first-order valence-electron chi connectivity index (χ1n) is 8.40. The molecule has 1 aromatic carbocycles. The van der Waals surface area contributed by atoms with Gasteiger partial charge in [-0.3, -0.25) is 9.78 Å². The number of benzene rings is 1. The molecular weight excluding hydrogens is 418 g/mol. The number of carbonyl (C=O) groups is 1. The van der Waals surface area contributed by atoms with Gasteiger partial charge in [0.25, 0.3) is 0 Å². The van der Waals surface area contributed by atoms with Crippen LogP contribution < -0.4 is 5.32 Å². The fraction of sp³-hybridized carbons (Fsp3) is 0.333. The molecule has 0 unspecified atom stereocenters. The average Bonchev–Trinajstić information content (AvgIpc) is 2.67. The van der Waals surface area contributed by atoms with E-state index in [1.807, 2.05) is 18.2 Å². The van der Waals surface area contributed by atoms with E-state index in [0.717, 1.165) is 10.2 Å². The highest BCUT2D eigenvalue weighted by Gasteiger charge is 2.33. The van der Waals surface area contributed by atoms with Crippen molar-refractivity contribution >= 4 is 31.9 Å². The second-order valence-corrected chi connectivity index (χ2v) is 9.05. The van der Waals surface area contributed by atoms with E-state index in [-0.39, 0.29) is 23.3 Å². The Balaban J connectivity index is 1.64. The zero-order valence-corrected chi connectivity index (χ0v) is 16.5. The molecule has 1 atom stereocenters. The molecule has 1 aliphatic heterocycles. The monoisotopic (exact) mass is 437 g/mol. The van der Waals surface area contributed by atoms with Gasteiger partial charge in [-0.1, -0.05) is 22.0 Å². The highest BCUT2D eigenvalue weighted by atomic mass is 79.9. The Morgan fingerprint density at radius 2 is 2.00 bits per heavy atom. The van der Waals surface area contributed by atoms with Gasteiger partial charge in [0, 0.05) is 23.8 Å². The Morgan fingerprint density at radius 1 is 1.23 bits per heavy atom. The van der Waals surface area contributed by atoms with Gasteiger partial charge in [-0.25, -0.2) is 8.42 Å². The van der Waals surface area contributed by atoms with Crippen LogP contribution in [0.1, 0.15) is 18.5 Å². The minimum Gasteiger partial charge on any atom is -0.350 e. The number of hydrogen-bond donors (Lipinski definition) is 1. The summed E-state index contributed by atoms with van der Waals surface area (Å²) in [6, 6.07) is 12.1. The van der Waals surface area contributed by atoms with E-state index in [9.17, 15) is 13.2 Å². The Hall–Kier alpha value is -1.77. The average molecular weight is 438 g/mol. The third-order valence-corrected chi connectivity index (χ3v) is 6.78. The summed E-state index contributed by atoms with van der Waals surface area (Å²) >= 11 is 3.31. The molecule has 2 heterocycles. The molecule has 1 amide bonds. The number of hydrogen-bond acceptors (Lipinski definition) is 4. The lowest BCUT2D eigenvalue weighted by Gasteiger charge is -2.31. The molecule has 1 aliphatic rings. The van der Waals surface area contributed by atoms with Crippen LogP contribution in [-0.2, 0) is 21.4 Å². The van der Waals surface area contributed by atoms with E-state index in [0.29, 0.717) is 25.9 Å². The highest BCUT2D eigenvalue weighted by Crippen LogP contribution is 2.25. The molecule has 0 aliphatic carbocycles. The number of pyridine rings is 1. The maximum absolute atomic E-state index is 12.8. The fourth-order valence-electron chi connectivity index (χ4n) is 2.96. The quantitative estimate of drug-likeness (QED) is 0.779. The van der Waals surface area contributed by atoms with Crippen LogP contribution in [0.15, 0.2) is 58.0 Å². The molecular formula is C18H20BrN3O3S. The molecule has 1 fully saturated rings. The van der Waals surface area contributed by atoms with Crippen LogP contribution in [0.25, 0.3) is 0 Å². The molecule has 0 bridgehead atoms. The van der Waals surface area contributed by atoms with Crippen LogP contribution in [0.2, 0.25) is 0 Å². The largest absolute Gasteiger partial charge is 0.350 e. The predicted molar refractivity (Wildman–Crippen MR) is 102 cm³/mol. The number of sulfonamides is 1. The fourth-order valence-corrected chi connectivity index (χ4v) is 4.74. The molecule has 6 nitrogen and oxygen atoms in total. The van der Waals surface area contributed by atoms with Crippen molar-refractivity contribution in [2.24, 2.45) is 5.92 Å². The topological polar surface area (TPSA) is 79.4 Å². The third kappa shape index (κ3) is 4.49. The zero-order chi connectivity index (χ0) is 18.6. The zero-order valence-electron chi connectivity index (χ0n) is 14.1. The molecule has 3 rings (SSSR count). The SMILES string of the molecule is O=C(NCc1ccccn1)[C@H]1CCCN(S(=O)(=O)c2ccc(Br)cc2)C1. The lowest BCUT2D eigenvalue weighted by Crippen LogP contribution is -2.45. The first kappa shape index (κ1) is 19.0. The van der Waals surface area contributed by atoms with Crippen molar-refractivity contribution in [1.29, 1.82) is 0 Å². The highest BCUT2D eigenvalue weighted by molar-refractivity contribution is 9.10. The number of rotatable bonds is 5. The van der Waals surface area contributed by atoms with Gasteiger partial charge in [0.05, 0.1) is 23.1 Å². The molecule has 0 radical (unpaired) electrons. The van der Waals surface area contributed by atoms with Crippen LogP contribution in [0.5, 0.6) is 0 Å². The summed E-state index contributed by atoms with van der Waals surface area (Å²) in [5, 5.41) is 2.86. The van der Waals surface area contributed by atoms with Crippen molar-refractivity contribution in [3.05, 3.63) is 58.8 Å². The minimum atomic E-state index is -3.59. The first-order chi connectivity index (χ1) is 12.5. The van der Waals surface area contributed by atoms with Gasteiger partial charge in [0.1, 0.15) is 0 Å². The Kier molecular flexibility index (Phi) is 6.05. The Morgan fingerprint density at radius 3 is 2.69 bits per heavy atom. The molecule has 138 valence electrons. The minimum absolute atomic E-state index is 0.133. The molecule has 0 saturated carbocycles. The van der Waals surface area contributed by atoms with Gasteiger partial charge in [-0.15, -0.1) is 0 Å². The van der Waals surface area contributed by atoms with Crippen LogP contribution >= 0.6 is 15.9 Å². The lowest BCUT2D eigenvalue weighted by molar-refractivity contribution is -0.126. The second-order valence-electron chi connectivity index (χ2n) is 6.20. The van der Waals surface area contributed by atoms with E-state index in [1.54, 1.807) is 30.5 Å². The van der Waals surface area contributed by atoms with Crippen molar-refractivity contribution in [1.82, 2.24) is 14.6 Å². The molecule has 1 aromatic heterocycles. The molecule has 1 saturated heterocycles. The van der Waals surface area contributed by atoms with Crippen LogP contribution in [0.4, 0.5) is 0 Å². The molecule has 2 aromatic rings. The summed E-state index contributed by atoms with van der Waals surface area (Å²) < 4.78 is 27.9. The maximum atomic E-state index is 12.8. The number of carbonyl (C=O) groups excluding carboxylic acids is 1.